The number of hydrogen-bond acceptors (Lipinski definition) is 3. The summed E-state index contributed by atoms with van der Waals surface area (Å²) >= 11 is 0. The maximum absolute atomic E-state index is 11.6. The molecule has 0 unspecified atom stereocenters. The zero-order valence-electron chi connectivity index (χ0n) is 9.92. The normalized spacial score (nSPS) is 17.4. The molecule has 1 N–H and O–H groups in total. The summed E-state index contributed by atoms with van der Waals surface area (Å²) in [7, 11) is 0. The lowest BCUT2D eigenvalue weighted by atomic mass is 10.1. The van der Waals surface area contributed by atoms with Gasteiger partial charge in [-0.3, -0.25) is 4.79 Å². The minimum absolute atomic E-state index is 0.262. The number of carbonyl (C=O) groups excluding carboxylic acids is 1. The van der Waals surface area contributed by atoms with Crippen molar-refractivity contribution in [3.8, 4) is 0 Å². The monoisotopic (exact) mass is 218 g/mol. The Morgan fingerprint density at radius 1 is 1.31 bits per heavy atom. The van der Waals surface area contributed by atoms with Gasteiger partial charge in [0.2, 0.25) is 0 Å². The summed E-state index contributed by atoms with van der Waals surface area (Å²) in [5.41, 5.74) is 3.75. The third-order valence-corrected chi connectivity index (χ3v) is 3.16. The molecule has 1 aromatic rings. The van der Waals surface area contributed by atoms with Crippen molar-refractivity contribution in [3.05, 3.63) is 29.3 Å². The number of ketones is 1. The lowest BCUT2D eigenvalue weighted by molar-refractivity contribution is -0.116. The Morgan fingerprint density at radius 3 is 2.94 bits per heavy atom. The van der Waals surface area contributed by atoms with Gasteiger partial charge < -0.3 is 10.2 Å². The summed E-state index contributed by atoms with van der Waals surface area (Å²) in [6, 6.07) is 6.26. The largest absolute Gasteiger partial charge is 0.363 e. The van der Waals surface area contributed by atoms with Crippen LogP contribution in [0.3, 0.4) is 0 Å². The zero-order valence-corrected chi connectivity index (χ0v) is 9.92. The van der Waals surface area contributed by atoms with Gasteiger partial charge in [-0.1, -0.05) is 12.1 Å². The van der Waals surface area contributed by atoms with Crippen LogP contribution in [0.2, 0.25) is 0 Å². The first-order chi connectivity index (χ1) is 7.68. The first-order valence-electron chi connectivity index (χ1n) is 5.72. The van der Waals surface area contributed by atoms with E-state index in [4.69, 9.17) is 0 Å². The van der Waals surface area contributed by atoms with Gasteiger partial charge in [-0.15, -0.1) is 0 Å². The van der Waals surface area contributed by atoms with Gasteiger partial charge in [0.15, 0.2) is 5.78 Å². The highest BCUT2D eigenvalue weighted by molar-refractivity contribution is 5.86. The van der Waals surface area contributed by atoms with Crippen LogP contribution < -0.4 is 10.2 Å². The lowest BCUT2D eigenvalue weighted by Gasteiger charge is -2.24. The van der Waals surface area contributed by atoms with Crippen molar-refractivity contribution in [2.24, 2.45) is 0 Å². The van der Waals surface area contributed by atoms with Crippen LogP contribution >= 0.6 is 0 Å². The fourth-order valence-corrected chi connectivity index (χ4v) is 2.07. The van der Waals surface area contributed by atoms with Crippen LogP contribution in [0.25, 0.3) is 0 Å². The Kier molecular flexibility index (Phi) is 3.25. The van der Waals surface area contributed by atoms with Gasteiger partial charge >= 0.3 is 0 Å². The second-order valence-corrected chi connectivity index (χ2v) is 4.36. The molecule has 0 saturated carbocycles. The van der Waals surface area contributed by atoms with E-state index in [0.29, 0.717) is 13.1 Å². The number of Topliss-reactive ketones (excluding diaryl/α,β-unsaturated/α-hetero) is 1. The van der Waals surface area contributed by atoms with Gasteiger partial charge in [-0.2, -0.15) is 0 Å². The van der Waals surface area contributed by atoms with Crippen LogP contribution in [0.4, 0.5) is 5.69 Å². The van der Waals surface area contributed by atoms with Gasteiger partial charge in [-0.05, 0) is 31.0 Å². The Bertz CT molecular complexity index is 401. The average molecular weight is 218 g/mol. The van der Waals surface area contributed by atoms with Crippen LogP contribution in [0.15, 0.2) is 18.2 Å². The Balaban J connectivity index is 2.28. The topological polar surface area (TPSA) is 32.3 Å². The highest BCUT2D eigenvalue weighted by Gasteiger charge is 2.16. The number of aryl methyl sites for hydroxylation is 1. The molecule has 0 spiro atoms. The SMILES string of the molecule is Cc1cccc(N2CCNCC(=O)C2)c1C. The Morgan fingerprint density at radius 2 is 2.12 bits per heavy atom. The standard InChI is InChI=1S/C13H18N2O/c1-10-4-3-5-13(11(10)2)15-7-6-14-8-12(16)9-15/h3-5,14H,6-9H2,1-2H3. The van der Waals surface area contributed by atoms with E-state index >= 15 is 0 Å². The average Bonchev–Trinajstić information content (AvgIpc) is 2.47. The number of anilines is 1. The number of carbonyl (C=O) groups is 1. The molecule has 1 heterocycles. The molecule has 0 atom stereocenters. The zero-order chi connectivity index (χ0) is 11.5. The minimum Gasteiger partial charge on any atom is -0.363 e. The van der Waals surface area contributed by atoms with E-state index in [1.54, 1.807) is 0 Å². The molecule has 1 aromatic carbocycles. The van der Waals surface area contributed by atoms with Crippen LogP contribution in [-0.4, -0.2) is 32.0 Å². The van der Waals surface area contributed by atoms with E-state index < -0.39 is 0 Å². The molecule has 16 heavy (non-hydrogen) atoms. The third-order valence-electron chi connectivity index (χ3n) is 3.16. The van der Waals surface area contributed by atoms with Gasteiger partial charge in [0.1, 0.15) is 0 Å². The van der Waals surface area contributed by atoms with E-state index in [1.165, 1.54) is 16.8 Å². The summed E-state index contributed by atoms with van der Waals surface area (Å²) in [6.07, 6.45) is 0. The van der Waals surface area contributed by atoms with Crippen molar-refractivity contribution >= 4 is 11.5 Å². The minimum atomic E-state index is 0.262. The predicted molar refractivity (Wildman–Crippen MR) is 66.0 cm³/mol. The summed E-state index contributed by atoms with van der Waals surface area (Å²) < 4.78 is 0. The summed E-state index contributed by atoms with van der Waals surface area (Å²) in [5, 5.41) is 3.14. The van der Waals surface area contributed by atoms with Crippen molar-refractivity contribution < 1.29 is 4.79 Å². The fraction of sp³-hybridized carbons (Fsp3) is 0.462. The van der Waals surface area contributed by atoms with Crippen molar-refractivity contribution in [2.45, 2.75) is 13.8 Å². The molecular weight excluding hydrogens is 200 g/mol. The molecule has 86 valence electrons. The molecule has 1 fully saturated rings. The molecular formula is C13H18N2O. The molecule has 1 aliphatic rings. The molecule has 1 aliphatic heterocycles. The number of nitrogens with one attached hydrogen (secondary N) is 1. The maximum Gasteiger partial charge on any atom is 0.165 e. The van der Waals surface area contributed by atoms with Gasteiger partial charge in [0.25, 0.3) is 0 Å². The highest BCUT2D eigenvalue weighted by Crippen LogP contribution is 2.22. The Labute approximate surface area is 96.5 Å². The summed E-state index contributed by atoms with van der Waals surface area (Å²) in [5.74, 6) is 0.262. The first-order valence-corrected chi connectivity index (χ1v) is 5.72. The molecule has 3 nitrogen and oxygen atoms in total. The molecule has 0 amide bonds. The number of benzene rings is 1. The quantitative estimate of drug-likeness (QED) is 0.770. The van der Waals surface area contributed by atoms with E-state index in [9.17, 15) is 4.79 Å². The van der Waals surface area contributed by atoms with E-state index in [2.05, 4.69) is 42.3 Å². The molecule has 0 aliphatic carbocycles. The van der Waals surface area contributed by atoms with Crippen LogP contribution in [0.1, 0.15) is 11.1 Å². The van der Waals surface area contributed by atoms with Crippen LogP contribution in [-0.2, 0) is 4.79 Å². The van der Waals surface area contributed by atoms with Crippen LogP contribution in [0, 0.1) is 13.8 Å². The van der Waals surface area contributed by atoms with Gasteiger partial charge in [0, 0.05) is 18.8 Å². The number of hydrogen-bond donors (Lipinski definition) is 1. The predicted octanol–water partition coefficient (Wildman–Crippen LogP) is 1.28. The second-order valence-electron chi connectivity index (χ2n) is 4.36. The summed E-state index contributed by atoms with van der Waals surface area (Å²) in [6.45, 7) is 7.03. The summed E-state index contributed by atoms with van der Waals surface area (Å²) in [4.78, 5) is 13.7. The molecule has 0 radical (unpaired) electrons. The smallest absolute Gasteiger partial charge is 0.165 e. The second kappa shape index (κ2) is 4.66. The fourth-order valence-electron chi connectivity index (χ4n) is 2.07. The van der Waals surface area contributed by atoms with Crippen LogP contribution in [0.5, 0.6) is 0 Å². The number of nitrogens with zero attached hydrogens (tertiary/aromatic N) is 1. The van der Waals surface area contributed by atoms with E-state index in [-0.39, 0.29) is 5.78 Å². The molecule has 2 rings (SSSR count). The van der Waals surface area contributed by atoms with E-state index in [1.807, 2.05) is 0 Å². The van der Waals surface area contributed by atoms with Gasteiger partial charge in [0.05, 0.1) is 13.1 Å². The van der Waals surface area contributed by atoms with Gasteiger partial charge in [-0.25, -0.2) is 0 Å². The number of rotatable bonds is 1. The molecule has 0 aromatic heterocycles. The first kappa shape index (κ1) is 11.1. The lowest BCUT2D eigenvalue weighted by Crippen LogP contribution is -2.30. The molecule has 1 saturated heterocycles. The Hall–Kier alpha value is -1.35. The third kappa shape index (κ3) is 2.25. The van der Waals surface area contributed by atoms with Crippen molar-refractivity contribution in [1.82, 2.24) is 5.32 Å². The molecule has 3 heteroatoms. The highest BCUT2D eigenvalue weighted by atomic mass is 16.1. The van der Waals surface area contributed by atoms with E-state index in [0.717, 1.165) is 13.1 Å². The molecule has 0 bridgehead atoms. The van der Waals surface area contributed by atoms with Crippen molar-refractivity contribution in [3.63, 3.8) is 0 Å². The van der Waals surface area contributed by atoms with Crippen molar-refractivity contribution in [1.29, 1.82) is 0 Å². The maximum atomic E-state index is 11.6. The van der Waals surface area contributed by atoms with Crippen molar-refractivity contribution in [2.75, 3.05) is 31.1 Å².